The van der Waals surface area contributed by atoms with Gasteiger partial charge < -0.3 is 29.9 Å². The third kappa shape index (κ3) is 5.22. The van der Waals surface area contributed by atoms with E-state index in [1.165, 1.54) is 12.1 Å². The topological polar surface area (TPSA) is 108 Å². The molecule has 9 heteroatoms. The van der Waals surface area contributed by atoms with Crippen LogP contribution in [-0.4, -0.2) is 71.2 Å². The minimum atomic E-state index is -1.22. The highest BCUT2D eigenvalue weighted by molar-refractivity contribution is 5.82. The maximum Gasteiger partial charge on any atom is 0.404 e. The summed E-state index contributed by atoms with van der Waals surface area (Å²) in [5.74, 6) is -0.609. The summed E-state index contributed by atoms with van der Waals surface area (Å²) in [4.78, 5) is 26.8. The van der Waals surface area contributed by atoms with Gasteiger partial charge in [0.2, 0.25) is 0 Å². The first-order valence-electron chi connectivity index (χ1n) is 11.4. The number of amides is 2. The number of benzene rings is 2. The number of aliphatic hydroxyl groups excluding tert-OH is 1. The summed E-state index contributed by atoms with van der Waals surface area (Å²) in [5.41, 5.74) is 2.89. The van der Waals surface area contributed by atoms with Gasteiger partial charge in [-0.1, -0.05) is 36.4 Å². The van der Waals surface area contributed by atoms with E-state index in [2.05, 4.69) is 5.32 Å². The van der Waals surface area contributed by atoms with Crippen molar-refractivity contribution in [3.8, 4) is 0 Å². The Labute approximate surface area is 197 Å². The average Bonchev–Trinajstić information content (AvgIpc) is 2.84. The molecule has 4 rings (SSSR count). The molecule has 2 amide bonds. The highest BCUT2D eigenvalue weighted by Crippen LogP contribution is 2.36. The smallest absolute Gasteiger partial charge is 0.404 e. The average molecular weight is 473 g/mol. The molecule has 5 atom stereocenters. The number of hydrogen-bond donors (Lipinski definition) is 3. The molecule has 2 aromatic carbocycles. The molecule has 2 aliphatic heterocycles. The van der Waals surface area contributed by atoms with E-state index < -0.39 is 36.5 Å². The Morgan fingerprint density at radius 3 is 2.68 bits per heavy atom. The zero-order valence-corrected chi connectivity index (χ0v) is 18.9. The molecule has 2 aromatic rings. The van der Waals surface area contributed by atoms with Crippen molar-refractivity contribution in [2.45, 2.75) is 50.2 Å². The van der Waals surface area contributed by atoms with Crippen molar-refractivity contribution in [2.75, 3.05) is 19.8 Å². The zero-order chi connectivity index (χ0) is 24.2. The number of carbonyl (C=O) groups excluding carboxylic acids is 1. The van der Waals surface area contributed by atoms with Crippen LogP contribution >= 0.6 is 0 Å². The lowest BCUT2D eigenvalue weighted by atomic mass is 9.87. The van der Waals surface area contributed by atoms with Crippen molar-refractivity contribution < 1.29 is 33.7 Å². The van der Waals surface area contributed by atoms with Gasteiger partial charge in [0.15, 0.2) is 0 Å². The normalized spacial score (nSPS) is 25.3. The van der Waals surface area contributed by atoms with Crippen LogP contribution in [0.5, 0.6) is 0 Å². The van der Waals surface area contributed by atoms with Gasteiger partial charge in [-0.25, -0.2) is 9.18 Å². The summed E-state index contributed by atoms with van der Waals surface area (Å²) in [5, 5.41) is 21.0. The van der Waals surface area contributed by atoms with Crippen molar-refractivity contribution in [3.05, 3.63) is 71.0 Å². The van der Waals surface area contributed by atoms with Gasteiger partial charge in [0.1, 0.15) is 18.0 Å². The van der Waals surface area contributed by atoms with Crippen LogP contribution in [0.25, 0.3) is 0 Å². The lowest BCUT2D eigenvalue weighted by Gasteiger charge is -2.42. The lowest BCUT2D eigenvalue weighted by molar-refractivity contribution is -0.164. The minimum Gasteiger partial charge on any atom is -0.465 e. The summed E-state index contributed by atoms with van der Waals surface area (Å²) in [6.45, 7) is 1.92. The van der Waals surface area contributed by atoms with Crippen molar-refractivity contribution in [2.24, 2.45) is 0 Å². The van der Waals surface area contributed by atoms with Crippen LogP contribution in [-0.2, 0) is 20.7 Å². The summed E-state index contributed by atoms with van der Waals surface area (Å²) < 4.78 is 25.2. The van der Waals surface area contributed by atoms with Crippen molar-refractivity contribution in [1.82, 2.24) is 10.2 Å². The standard InChI is InChI=1S/C25H29FN2O6/c1-15(13-29)34-22-14-33-21(12-20(22)27-25(31)32)24(30)28-11-10-16-4-2-3-5-19(16)23(28)17-6-8-18(26)9-7-17/h2-9,15,20-23,27,29H,10-14H2,1H3,(H,31,32)/t15-,20-,21+,22-,23-/m0/s1. The van der Waals surface area contributed by atoms with Gasteiger partial charge in [-0.3, -0.25) is 4.79 Å². The maximum atomic E-state index is 13.7. The van der Waals surface area contributed by atoms with Crippen LogP contribution in [0.2, 0.25) is 0 Å². The summed E-state index contributed by atoms with van der Waals surface area (Å²) in [7, 11) is 0. The highest BCUT2D eigenvalue weighted by atomic mass is 19.1. The second-order valence-corrected chi connectivity index (χ2v) is 8.72. The Kier molecular flexibility index (Phi) is 7.45. The first kappa shape index (κ1) is 24.1. The monoisotopic (exact) mass is 472 g/mol. The van der Waals surface area contributed by atoms with Crippen LogP contribution in [0.4, 0.5) is 9.18 Å². The predicted molar refractivity (Wildman–Crippen MR) is 121 cm³/mol. The number of carbonyl (C=O) groups is 2. The number of nitrogens with one attached hydrogen (secondary N) is 1. The van der Waals surface area contributed by atoms with E-state index in [1.807, 2.05) is 24.3 Å². The van der Waals surface area contributed by atoms with Crippen molar-refractivity contribution >= 4 is 12.0 Å². The Morgan fingerprint density at radius 2 is 1.97 bits per heavy atom. The second-order valence-electron chi connectivity index (χ2n) is 8.72. The number of ether oxygens (including phenoxy) is 2. The Hall–Kier alpha value is -3.01. The Balaban J connectivity index is 1.59. The van der Waals surface area contributed by atoms with Crippen LogP contribution in [0.1, 0.15) is 36.1 Å². The number of fused-ring (bicyclic) bond motifs is 1. The fourth-order valence-electron chi connectivity index (χ4n) is 4.73. The molecule has 182 valence electrons. The van der Waals surface area contributed by atoms with Crippen molar-refractivity contribution in [1.29, 1.82) is 0 Å². The van der Waals surface area contributed by atoms with Gasteiger partial charge in [0.05, 0.1) is 31.4 Å². The summed E-state index contributed by atoms with van der Waals surface area (Å²) in [6, 6.07) is 12.9. The van der Waals surface area contributed by atoms with E-state index in [1.54, 1.807) is 24.0 Å². The maximum absolute atomic E-state index is 13.7. The fourth-order valence-corrected chi connectivity index (χ4v) is 4.73. The van der Waals surface area contributed by atoms with Crippen LogP contribution < -0.4 is 5.32 Å². The molecule has 1 saturated heterocycles. The van der Waals surface area contributed by atoms with E-state index in [-0.39, 0.29) is 31.4 Å². The van der Waals surface area contributed by atoms with Crippen LogP contribution in [0, 0.1) is 5.82 Å². The molecule has 3 N–H and O–H groups in total. The lowest BCUT2D eigenvalue weighted by Crippen LogP contribution is -2.57. The van der Waals surface area contributed by atoms with Gasteiger partial charge in [0.25, 0.3) is 5.91 Å². The van der Waals surface area contributed by atoms with Gasteiger partial charge in [-0.05, 0) is 42.2 Å². The van der Waals surface area contributed by atoms with Crippen molar-refractivity contribution in [3.63, 3.8) is 0 Å². The minimum absolute atomic E-state index is 0.0112. The molecule has 0 aromatic heterocycles. The zero-order valence-electron chi connectivity index (χ0n) is 18.9. The van der Waals surface area contributed by atoms with Crippen LogP contribution in [0.3, 0.4) is 0 Å². The quantitative estimate of drug-likeness (QED) is 0.596. The van der Waals surface area contributed by atoms with E-state index in [9.17, 15) is 24.2 Å². The molecule has 1 fully saturated rings. The largest absolute Gasteiger partial charge is 0.465 e. The Bertz CT molecular complexity index is 1020. The summed E-state index contributed by atoms with van der Waals surface area (Å²) >= 11 is 0. The molecule has 0 spiro atoms. The molecular weight excluding hydrogens is 443 g/mol. The van der Waals surface area contributed by atoms with E-state index >= 15 is 0 Å². The van der Waals surface area contributed by atoms with Gasteiger partial charge in [-0.15, -0.1) is 0 Å². The molecule has 0 saturated carbocycles. The SMILES string of the molecule is C[C@@H](CO)O[C@H]1CO[C@@H](C(=O)N2CCc3ccccc3[C@@H]2c2ccc(F)cc2)C[C@@H]1NC(=O)O. The number of carboxylic acid groups (broad SMARTS) is 1. The van der Waals surface area contributed by atoms with Crippen LogP contribution in [0.15, 0.2) is 48.5 Å². The number of nitrogens with zero attached hydrogens (tertiary/aromatic N) is 1. The molecule has 8 nitrogen and oxygen atoms in total. The molecule has 2 heterocycles. The molecule has 0 radical (unpaired) electrons. The molecule has 2 aliphatic rings. The first-order valence-corrected chi connectivity index (χ1v) is 11.4. The third-order valence-electron chi connectivity index (χ3n) is 6.38. The summed E-state index contributed by atoms with van der Waals surface area (Å²) in [6.07, 6.45) is -2.45. The second kappa shape index (κ2) is 10.5. The Morgan fingerprint density at radius 1 is 1.24 bits per heavy atom. The first-order chi connectivity index (χ1) is 16.4. The number of hydrogen-bond acceptors (Lipinski definition) is 5. The van der Waals surface area contributed by atoms with Gasteiger partial charge >= 0.3 is 6.09 Å². The number of rotatable bonds is 6. The molecular formula is C25H29FN2O6. The fraction of sp³-hybridized carbons (Fsp3) is 0.440. The van der Waals surface area contributed by atoms with Gasteiger partial charge in [-0.2, -0.15) is 0 Å². The van der Waals surface area contributed by atoms with E-state index in [0.29, 0.717) is 13.0 Å². The van der Waals surface area contributed by atoms with E-state index in [4.69, 9.17) is 9.47 Å². The third-order valence-corrected chi connectivity index (χ3v) is 6.38. The number of aliphatic hydroxyl groups is 1. The van der Waals surface area contributed by atoms with Gasteiger partial charge in [0, 0.05) is 13.0 Å². The molecule has 0 bridgehead atoms. The highest BCUT2D eigenvalue weighted by Gasteiger charge is 2.41. The predicted octanol–water partition coefficient (Wildman–Crippen LogP) is 2.49. The molecule has 0 aliphatic carbocycles. The molecule has 0 unspecified atom stereocenters. The van der Waals surface area contributed by atoms with E-state index in [0.717, 1.165) is 16.7 Å². The number of halogens is 1. The molecule has 34 heavy (non-hydrogen) atoms.